The molecule has 0 aliphatic carbocycles. The normalized spacial score (nSPS) is 13.2. The molecule has 0 bridgehead atoms. The molecule has 0 aromatic rings. The fourth-order valence-electron chi connectivity index (χ4n) is 2.32. The van der Waals surface area contributed by atoms with Crippen LogP contribution in [-0.4, -0.2) is 12.8 Å². The van der Waals surface area contributed by atoms with Crippen LogP contribution in [-0.2, 0) is 0 Å². The Morgan fingerprint density at radius 3 is 1.39 bits per heavy atom. The van der Waals surface area contributed by atoms with Crippen molar-refractivity contribution in [2.75, 3.05) is 7.05 Å². The van der Waals surface area contributed by atoms with E-state index in [2.05, 4.69) is 46.5 Å². The maximum Gasteiger partial charge on any atom is 0.0276 e. The van der Waals surface area contributed by atoms with Gasteiger partial charge >= 0.3 is 0 Å². The van der Waals surface area contributed by atoms with Crippen LogP contribution < -0.4 is 0 Å². The van der Waals surface area contributed by atoms with E-state index < -0.39 is 0 Å². The number of rotatable bonds is 8. The average molecular weight is 255 g/mol. The van der Waals surface area contributed by atoms with Crippen molar-refractivity contribution in [3.05, 3.63) is 0 Å². The highest BCUT2D eigenvalue weighted by atomic mass is 14.7. The highest BCUT2D eigenvalue weighted by molar-refractivity contribution is 5.88. The van der Waals surface area contributed by atoms with Gasteiger partial charge in [-0.1, -0.05) is 60.8 Å². The molecule has 18 heavy (non-hydrogen) atoms. The maximum absolute atomic E-state index is 4.54. The van der Waals surface area contributed by atoms with E-state index in [0.717, 1.165) is 11.8 Å². The number of hydrogen-bond acceptors (Lipinski definition) is 1. The fourth-order valence-corrected chi connectivity index (χ4v) is 2.32. The minimum Gasteiger partial charge on any atom is -0.297 e. The van der Waals surface area contributed by atoms with E-state index in [1.807, 2.05) is 7.05 Å². The minimum atomic E-state index is 0.719. The van der Waals surface area contributed by atoms with Crippen LogP contribution in [0.25, 0.3) is 0 Å². The molecule has 1 nitrogen and oxygen atoms in total. The molecule has 0 amide bonds. The monoisotopic (exact) mass is 255 g/mol. The molecule has 0 heterocycles. The van der Waals surface area contributed by atoms with Crippen LogP contribution in [0.2, 0.25) is 0 Å². The van der Waals surface area contributed by atoms with Gasteiger partial charge in [-0.05, 0) is 37.5 Å². The van der Waals surface area contributed by atoms with Crippen molar-refractivity contribution in [2.24, 2.45) is 16.8 Å². The molecule has 1 unspecified atom stereocenters. The summed E-state index contributed by atoms with van der Waals surface area (Å²) in [6, 6.07) is 0. The molecule has 1 atom stereocenters. The predicted molar refractivity (Wildman–Crippen MR) is 86.7 cm³/mol. The lowest BCUT2D eigenvalue weighted by Gasteiger charge is -2.23. The molecule has 0 saturated carbocycles. The second kappa shape index (κ2) is 14.7. The molecule has 0 N–H and O–H groups in total. The molecular weight excluding hydrogens is 218 g/mol. The summed E-state index contributed by atoms with van der Waals surface area (Å²) < 4.78 is 0. The lowest BCUT2D eigenvalue weighted by atomic mass is 9.84. The highest BCUT2D eigenvalue weighted by Gasteiger charge is 2.19. The van der Waals surface area contributed by atoms with Gasteiger partial charge in [0.05, 0.1) is 0 Å². The topological polar surface area (TPSA) is 12.4 Å². The molecule has 110 valence electrons. The summed E-state index contributed by atoms with van der Waals surface area (Å²) in [6.45, 7) is 13.5. The van der Waals surface area contributed by atoms with Gasteiger partial charge in [0.2, 0.25) is 0 Å². The van der Waals surface area contributed by atoms with E-state index in [0.29, 0.717) is 0 Å². The summed E-state index contributed by atoms with van der Waals surface area (Å²) in [5, 5.41) is 0. The van der Waals surface area contributed by atoms with Crippen molar-refractivity contribution in [1.29, 1.82) is 0 Å². The zero-order valence-corrected chi connectivity index (χ0v) is 14.1. The summed E-state index contributed by atoms with van der Waals surface area (Å²) in [6.07, 6.45) is 8.95. The van der Waals surface area contributed by atoms with Gasteiger partial charge < -0.3 is 0 Å². The van der Waals surface area contributed by atoms with Crippen molar-refractivity contribution in [2.45, 2.75) is 86.5 Å². The van der Waals surface area contributed by atoms with Gasteiger partial charge in [-0.3, -0.25) is 4.99 Å². The average Bonchev–Trinajstić information content (AvgIpc) is 2.42. The molecule has 0 aromatic carbocycles. The van der Waals surface area contributed by atoms with Crippen LogP contribution in [0.3, 0.4) is 0 Å². The first-order valence-electron chi connectivity index (χ1n) is 8.12. The number of hydrogen-bond donors (Lipinski definition) is 0. The van der Waals surface area contributed by atoms with Crippen LogP contribution >= 0.6 is 0 Å². The fraction of sp³-hybridized carbons (Fsp3) is 0.941. The Labute approximate surface area is 116 Å². The quantitative estimate of drug-likeness (QED) is 0.463. The first-order chi connectivity index (χ1) is 8.66. The summed E-state index contributed by atoms with van der Waals surface area (Å²) in [5.74, 6) is 1.45. The molecular formula is C17H37N. The summed E-state index contributed by atoms with van der Waals surface area (Å²) in [4.78, 5) is 4.54. The molecule has 0 fully saturated rings. The van der Waals surface area contributed by atoms with E-state index in [1.54, 1.807) is 0 Å². The first kappa shape index (κ1) is 20.0. The Bertz CT molecular complexity index is 178. The lowest BCUT2D eigenvalue weighted by Crippen LogP contribution is -2.22. The van der Waals surface area contributed by atoms with E-state index >= 15 is 0 Å². The number of unbranched alkanes of at least 4 members (excludes halogenated alkanes) is 1. The zero-order valence-electron chi connectivity index (χ0n) is 14.1. The Kier molecular flexibility index (Phi) is 16.4. The second-order valence-electron chi connectivity index (χ2n) is 5.06. The van der Waals surface area contributed by atoms with E-state index in [4.69, 9.17) is 0 Å². The SMILES string of the molecule is CCCC.CCCC(CC)C(=NC)C(CC)CC. The van der Waals surface area contributed by atoms with Crippen molar-refractivity contribution in [3.63, 3.8) is 0 Å². The first-order valence-corrected chi connectivity index (χ1v) is 8.12. The summed E-state index contributed by atoms with van der Waals surface area (Å²) >= 11 is 0. The Morgan fingerprint density at radius 1 is 0.722 bits per heavy atom. The van der Waals surface area contributed by atoms with Gasteiger partial charge in [-0.2, -0.15) is 0 Å². The standard InChI is InChI=1S/C13H27N.C4H10/c1-6-10-12(9-4)13(14-5)11(7-2)8-3;1-3-4-2/h11-12H,6-10H2,1-5H3;3-4H2,1-2H3. The Hall–Kier alpha value is -0.330. The third kappa shape index (κ3) is 8.72. The third-order valence-electron chi connectivity index (χ3n) is 3.71. The number of nitrogens with zero attached hydrogens (tertiary/aromatic N) is 1. The zero-order chi connectivity index (χ0) is 14.4. The predicted octanol–water partition coefficient (Wildman–Crippen LogP) is 6.13. The maximum atomic E-state index is 4.54. The van der Waals surface area contributed by atoms with Gasteiger partial charge in [0.25, 0.3) is 0 Å². The van der Waals surface area contributed by atoms with Crippen molar-refractivity contribution >= 4 is 5.71 Å². The molecule has 0 aliphatic heterocycles. The van der Waals surface area contributed by atoms with E-state index in [9.17, 15) is 0 Å². The molecule has 0 spiro atoms. The van der Waals surface area contributed by atoms with Crippen LogP contribution in [0.4, 0.5) is 0 Å². The molecule has 0 aliphatic rings. The summed E-state index contributed by atoms with van der Waals surface area (Å²) in [5.41, 5.74) is 1.47. The van der Waals surface area contributed by atoms with Crippen LogP contribution in [0.5, 0.6) is 0 Å². The van der Waals surface area contributed by atoms with Gasteiger partial charge in [0, 0.05) is 12.8 Å². The highest BCUT2D eigenvalue weighted by Crippen LogP contribution is 2.22. The van der Waals surface area contributed by atoms with E-state index in [-0.39, 0.29) is 0 Å². The molecule has 0 saturated heterocycles. The third-order valence-corrected chi connectivity index (χ3v) is 3.71. The van der Waals surface area contributed by atoms with Crippen molar-refractivity contribution < 1.29 is 0 Å². The Balaban J connectivity index is 0. The van der Waals surface area contributed by atoms with Gasteiger partial charge in [-0.25, -0.2) is 0 Å². The second-order valence-corrected chi connectivity index (χ2v) is 5.06. The van der Waals surface area contributed by atoms with Gasteiger partial charge in [0.15, 0.2) is 0 Å². The van der Waals surface area contributed by atoms with Crippen molar-refractivity contribution in [1.82, 2.24) is 0 Å². The minimum absolute atomic E-state index is 0.719. The number of aliphatic imine (C=N–C) groups is 1. The van der Waals surface area contributed by atoms with Crippen LogP contribution in [0.15, 0.2) is 4.99 Å². The van der Waals surface area contributed by atoms with Crippen molar-refractivity contribution in [3.8, 4) is 0 Å². The van der Waals surface area contributed by atoms with Crippen LogP contribution in [0.1, 0.15) is 86.5 Å². The largest absolute Gasteiger partial charge is 0.297 e. The Morgan fingerprint density at radius 2 is 1.17 bits per heavy atom. The molecule has 0 radical (unpaired) electrons. The molecule has 0 rings (SSSR count). The molecule has 1 heteroatoms. The van der Waals surface area contributed by atoms with Crippen LogP contribution in [0, 0.1) is 11.8 Å². The van der Waals surface area contributed by atoms with Gasteiger partial charge in [-0.15, -0.1) is 0 Å². The smallest absolute Gasteiger partial charge is 0.0276 e. The molecule has 0 aromatic heterocycles. The summed E-state index contributed by atoms with van der Waals surface area (Å²) in [7, 11) is 1.96. The van der Waals surface area contributed by atoms with Gasteiger partial charge in [0.1, 0.15) is 0 Å². The van der Waals surface area contributed by atoms with E-state index in [1.165, 1.54) is 50.7 Å². The lowest BCUT2D eigenvalue weighted by molar-refractivity contribution is 0.533.